The van der Waals surface area contributed by atoms with Crippen molar-refractivity contribution in [3.05, 3.63) is 11.6 Å². The van der Waals surface area contributed by atoms with Crippen molar-refractivity contribution in [1.82, 2.24) is 5.32 Å². The second-order valence-electron chi connectivity index (χ2n) is 4.97. The molecule has 1 heterocycles. The largest absolute Gasteiger partial charge is 0.377 e. The first-order chi connectivity index (χ1) is 6.79. The number of rotatable bonds is 4. The first-order valence-corrected chi connectivity index (χ1v) is 5.75. The SMILES string of the molecule is CC1(CNCC2=CCCOC2)CCC1. The normalized spacial score (nSPS) is 25.4. The smallest absolute Gasteiger partial charge is 0.0689 e. The van der Waals surface area contributed by atoms with E-state index in [0.29, 0.717) is 5.41 Å². The van der Waals surface area contributed by atoms with Crippen LogP contribution in [0.1, 0.15) is 32.6 Å². The average molecular weight is 195 g/mol. The summed E-state index contributed by atoms with van der Waals surface area (Å²) in [5, 5.41) is 3.55. The number of hydrogen-bond acceptors (Lipinski definition) is 2. The minimum Gasteiger partial charge on any atom is -0.377 e. The highest BCUT2D eigenvalue weighted by Gasteiger charge is 2.30. The molecule has 0 unspecified atom stereocenters. The van der Waals surface area contributed by atoms with Gasteiger partial charge in [-0.25, -0.2) is 0 Å². The minimum atomic E-state index is 0.593. The fraction of sp³-hybridized carbons (Fsp3) is 0.833. The Labute approximate surface area is 86.7 Å². The Morgan fingerprint density at radius 1 is 1.50 bits per heavy atom. The molecule has 0 bridgehead atoms. The van der Waals surface area contributed by atoms with E-state index in [1.807, 2.05) is 0 Å². The monoisotopic (exact) mass is 195 g/mol. The van der Waals surface area contributed by atoms with Crippen molar-refractivity contribution in [2.24, 2.45) is 5.41 Å². The van der Waals surface area contributed by atoms with E-state index in [9.17, 15) is 0 Å². The molecule has 1 saturated carbocycles. The van der Waals surface area contributed by atoms with E-state index in [2.05, 4.69) is 18.3 Å². The summed E-state index contributed by atoms with van der Waals surface area (Å²) in [6.07, 6.45) is 7.63. The molecule has 0 radical (unpaired) electrons. The van der Waals surface area contributed by atoms with Gasteiger partial charge in [0.1, 0.15) is 0 Å². The number of ether oxygens (including phenoxy) is 1. The van der Waals surface area contributed by atoms with Gasteiger partial charge in [-0.3, -0.25) is 0 Å². The summed E-state index contributed by atoms with van der Waals surface area (Å²) in [5.74, 6) is 0. The molecular weight excluding hydrogens is 174 g/mol. The highest BCUT2D eigenvalue weighted by molar-refractivity contribution is 5.07. The van der Waals surface area contributed by atoms with Crippen LogP contribution >= 0.6 is 0 Å². The summed E-state index contributed by atoms with van der Waals surface area (Å²) in [6, 6.07) is 0. The summed E-state index contributed by atoms with van der Waals surface area (Å²) in [4.78, 5) is 0. The van der Waals surface area contributed by atoms with Crippen LogP contribution in [0, 0.1) is 5.41 Å². The molecule has 2 aliphatic rings. The molecule has 0 saturated heterocycles. The van der Waals surface area contributed by atoms with Crippen LogP contribution in [0.15, 0.2) is 11.6 Å². The summed E-state index contributed by atoms with van der Waals surface area (Å²) in [5.41, 5.74) is 2.02. The Morgan fingerprint density at radius 3 is 2.93 bits per heavy atom. The van der Waals surface area contributed by atoms with Gasteiger partial charge in [-0.1, -0.05) is 19.4 Å². The van der Waals surface area contributed by atoms with Crippen molar-refractivity contribution in [3.63, 3.8) is 0 Å². The van der Waals surface area contributed by atoms with Gasteiger partial charge in [0.25, 0.3) is 0 Å². The lowest BCUT2D eigenvalue weighted by molar-refractivity contribution is 0.142. The van der Waals surface area contributed by atoms with Crippen molar-refractivity contribution in [2.75, 3.05) is 26.3 Å². The predicted molar refractivity (Wildman–Crippen MR) is 58.3 cm³/mol. The molecule has 2 nitrogen and oxygen atoms in total. The van der Waals surface area contributed by atoms with Crippen LogP contribution in [-0.2, 0) is 4.74 Å². The maximum atomic E-state index is 5.40. The molecule has 0 spiro atoms. The fourth-order valence-electron chi connectivity index (χ4n) is 2.21. The van der Waals surface area contributed by atoms with Gasteiger partial charge in [-0.2, -0.15) is 0 Å². The van der Waals surface area contributed by atoms with Gasteiger partial charge in [0.05, 0.1) is 13.2 Å². The van der Waals surface area contributed by atoms with Crippen LogP contribution in [0.5, 0.6) is 0 Å². The third-order valence-electron chi connectivity index (χ3n) is 3.45. The summed E-state index contributed by atoms with van der Waals surface area (Å²) in [7, 11) is 0. The summed E-state index contributed by atoms with van der Waals surface area (Å²) < 4.78 is 5.40. The number of nitrogens with one attached hydrogen (secondary N) is 1. The molecule has 0 amide bonds. The van der Waals surface area contributed by atoms with Crippen LogP contribution in [-0.4, -0.2) is 26.3 Å². The van der Waals surface area contributed by atoms with Gasteiger partial charge >= 0.3 is 0 Å². The zero-order valence-electron chi connectivity index (χ0n) is 9.14. The zero-order valence-corrected chi connectivity index (χ0v) is 9.14. The van der Waals surface area contributed by atoms with Gasteiger partial charge in [0, 0.05) is 13.1 Å². The molecular formula is C12H21NO. The van der Waals surface area contributed by atoms with Crippen LogP contribution in [0.4, 0.5) is 0 Å². The molecule has 0 atom stereocenters. The molecule has 0 aromatic rings. The highest BCUT2D eigenvalue weighted by Crippen LogP contribution is 2.39. The summed E-state index contributed by atoms with van der Waals surface area (Å²) in [6.45, 7) is 6.32. The molecule has 0 aromatic carbocycles. The maximum absolute atomic E-state index is 5.40. The standard InChI is InChI=1S/C12H21NO/c1-12(5-3-6-12)10-13-8-11-4-2-7-14-9-11/h4,13H,2-3,5-10H2,1H3. The van der Waals surface area contributed by atoms with Crippen molar-refractivity contribution in [1.29, 1.82) is 0 Å². The molecule has 14 heavy (non-hydrogen) atoms. The molecule has 80 valence electrons. The maximum Gasteiger partial charge on any atom is 0.0689 e. The van der Waals surface area contributed by atoms with E-state index < -0.39 is 0 Å². The van der Waals surface area contributed by atoms with Crippen molar-refractivity contribution in [2.45, 2.75) is 32.6 Å². The Bertz CT molecular complexity index is 218. The lowest BCUT2D eigenvalue weighted by Gasteiger charge is -2.38. The van der Waals surface area contributed by atoms with Crippen molar-refractivity contribution >= 4 is 0 Å². The predicted octanol–water partition coefficient (Wildman–Crippen LogP) is 2.11. The lowest BCUT2D eigenvalue weighted by Crippen LogP contribution is -2.38. The summed E-state index contributed by atoms with van der Waals surface area (Å²) >= 11 is 0. The van der Waals surface area contributed by atoms with Gasteiger partial charge in [-0.05, 0) is 30.3 Å². The molecule has 1 aliphatic heterocycles. The van der Waals surface area contributed by atoms with Crippen molar-refractivity contribution < 1.29 is 4.74 Å². The van der Waals surface area contributed by atoms with E-state index in [-0.39, 0.29) is 0 Å². The topological polar surface area (TPSA) is 21.3 Å². The first kappa shape index (κ1) is 10.2. The third kappa shape index (κ3) is 2.58. The van der Waals surface area contributed by atoms with E-state index in [0.717, 1.165) is 26.2 Å². The third-order valence-corrected chi connectivity index (χ3v) is 3.45. The number of hydrogen-bond donors (Lipinski definition) is 1. The van der Waals surface area contributed by atoms with E-state index in [4.69, 9.17) is 4.74 Å². The molecule has 1 fully saturated rings. The van der Waals surface area contributed by atoms with E-state index >= 15 is 0 Å². The van der Waals surface area contributed by atoms with Crippen LogP contribution in [0.3, 0.4) is 0 Å². The Balaban J connectivity index is 1.64. The van der Waals surface area contributed by atoms with Gasteiger partial charge in [0.2, 0.25) is 0 Å². The van der Waals surface area contributed by atoms with Gasteiger partial charge < -0.3 is 10.1 Å². The molecule has 2 rings (SSSR count). The quantitative estimate of drug-likeness (QED) is 0.694. The Hall–Kier alpha value is -0.340. The molecule has 1 N–H and O–H groups in total. The second kappa shape index (κ2) is 4.45. The second-order valence-corrected chi connectivity index (χ2v) is 4.97. The van der Waals surface area contributed by atoms with Crippen LogP contribution in [0.2, 0.25) is 0 Å². The Kier molecular flexibility index (Phi) is 3.24. The van der Waals surface area contributed by atoms with Gasteiger partial charge in [-0.15, -0.1) is 0 Å². The zero-order chi connectivity index (χ0) is 9.86. The van der Waals surface area contributed by atoms with Crippen LogP contribution < -0.4 is 5.32 Å². The minimum absolute atomic E-state index is 0.593. The first-order valence-electron chi connectivity index (χ1n) is 5.75. The average Bonchev–Trinajstić information content (AvgIpc) is 2.17. The lowest BCUT2D eigenvalue weighted by atomic mass is 9.70. The van der Waals surface area contributed by atoms with Crippen molar-refractivity contribution in [3.8, 4) is 0 Å². The fourth-order valence-corrected chi connectivity index (χ4v) is 2.21. The molecule has 1 aliphatic carbocycles. The molecule has 0 aromatic heterocycles. The Morgan fingerprint density at radius 2 is 2.36 bits per heavy atom. The van der Waals surface area contributed by atoms with E-state index in [1.54, 1.807) is 0 Å². The van der Waals surface area contributed by atoms with Gasteiger partial charge in [0.15, 0.2) is 0 Å². The highest BCUT2D eigenvalue weighted by atomic mass is 16.5. The molecule has 2 heteroatoms. The van der Waals surface area contributed by atoms with E-state index in [1.165, 1.54) is 31.4 Å². The van der Waals surface area contributed by atoms with Crippen LogP contribution in [0.25, 0.3) is 0 Å².